The molecule has 0 unspecified atom stereocenters. The van der Waals surface area contributed by atoms with Crippen LogP contribution in [0.1, 0.15) is 0 Å². The van der Waals surface area contributed by atoms with E-state index in [2.05, 4.69) is 228 Å². The highest BCUT2D eigenvalue weighted by molar-refractivity contribution is 6.18. The molecule has 0 fully saturated rings. The van der Waals surface area contributed by atoms with Crippen LogP contribution in [-0.4, -0.2) is 24.1 Å². The minimum Gasteiger partial charge on any atom is -0.309 e. The summed E-state index contributed by atoms with van der Waals surface area (Å²) in [6.45, 7) is 0. The Bertz CT molecular complexity index is 4660. The Morgan fingerprint density at radius 1 is 0.243 bits per heavy atom. The summed E-state index contributed by atoms with van der Waals surface area (Å²) in [4.78, 5) is 16.0. The first-order chi connectivity index (χ1) is 34.7. The minimum absolute atomic E-state index is 0.605. The van der Waals surface area contributed by atoms with Crippen molar-refractivity contribution in [2.45, 2.75) is 0 Å². The molecule has 0 saturated heterocycles. The van der Waals surface area contributed by atoms with Gasteiger partial charge in [0.25, 0.3) is 0 Å². The monoisotopic (exact) mass is 889 g/mol. The van der Waals surface area contributed by atoms with E-state index in [1.54, 1.807) is 0 Å². The van der Waals surface area contributed by atoms with Gasteiger partial charge in [0, 0.05) is 49.3 Å². The average molecular weight is 890 g/mol. The second-order valence-corrected chi connectivity index (χ2v) is 18.4. The Morgan fingerprint density at radius 3 is 1.49 bits per heavy atom. The lowest BCUT2D eigenvalue weighted by Crippen LogP contribution is -2.04. The summed E-state index contributed by atoms with van der Waals surface area (Å²) >= 11 is 0. The van der Waals surface area contributed by atoms with Gasteiger partial charge in [0.15, 0.2) is 17.5 Å². The molecule has 5 nitrogen and oxygen atoms in total. The summed E-state index contributed by atoms with van der Waals surface area (Å²) in [5.74, 6) is 1.85. The number of nitrogens with zero attached hydrogens (tertiary/aromatic N) is 5. The molecular formula is C65H39N5. The first-order valence-electron chi connectivity index (χ1n) is 23.8. The van der Waals surface area contributed by atoms with Crippen molar-refractivity contribution in [3.05, 3.63) is 237 Å². The van der Waals surface area contributed by atoms with Crippen LogP contribution in [-0.2, 0) is 0 Å². The molecule has 70 heavy (non-hydrogen) atoms. The van der Waals surface area contributed by atoms with Gasteiger partial charge in [0.05, 0.1) is 27.8 Å². The maximum absolute atomic E-state index is 5.44. The molecule has 0 saturated carbocycles. The van der Waals surface area contributed by atoms with Crippen molar-refractivity contribution in [3.63, 3.8) is 0 Å². The van der Waals surface area contributed by atoms with Gasteiger partial charge >= 0.3 is 0 Å². The maximum Gasteiger partial charge on any atom is 0.166 e. The normalized spacial score (nSPS) is 12.0. The van der Waals surface area contributed by atoms with E-state index in [4.69, 9.17) is 15.0 Å². The summed E-state index contributed by atoms with van der Waals surface area (Å²) in [5.41, 5.74) is 9.46. The smallest absolute Gasteiger partial charge is 0.166 e. The zero-order valence-corrected chi connectivity index (χ0v) is 37.8. The second kappa shape index (κ2) is 15.0. The summed E-state index contributed by atoms with van der Waals surface area (Å²) < 4.78 is 4.90. The highest BCUT2D eigenvalue weighted by Gasteiger charge is 2.23. The third kappa shape index (κ3) is 5.88. The SMILES string of the molecule is c1ccc(-c2nc(-c3ccc4c(ccc5ccccc54)c3)nc(-c3ccc4ccccc4c3-n3c4ccc(-n5c6ccccc6c6cc7ccccc7cc65)cc4c4cc5ccccc5cc43)n2)cc1. The molecule has 0 amide bonds. The van der Waals surface area contributed by atoms with Crippen molar-refractivity contribution in [1.82, 2.24) is 24.1 Å². The molecule has 0 spiro atoms. The number of para-hydroxylation sites is 1. The summed E-state index contributed by atoms with van der Waals surface area (Å²) in [6, 6.07) is 85.4. The Morgan fingerprint density at radius 2 is 0.743 bits per heavy atom. The predicted octanol–water partition coefficient (Wildman–Crippen LogP) is 16.8. The molecule has 0 aliphatic carbocycles. The van der Waals surface area contributed by atoms with E-state index < -0.39 is 0 Å². The Kier molecular flexibility index (Phi) is 8.29. The standard InChI is InChI=1S/C65H39N5/c1-2-16-42(17-3-1)63-66-64(48-29-31-51-47(34-48)27-26-40-14-8-10-22-50(40)51)68-65(67-63)54-32-28-41-15-9-11-23-52(41)62(54)70-59-33-30-49(39-57(59)56-36-44-19-5-7-21-46(44)38-61(56)70)69-58-25-13-12-24-53(58)55-35-43-18-4-6-20-45(43)37-60(55)69/h1-39H. The van der Waals surface area contributed by atoms with E-state index in [-0.39, 0.29) is 0 Å². The maximum atomic E-state index is 5.44. The molecule has 3 aromatic heterocycles. The zero-order valence-electron chi connectivity index (χ0n) is 37.8. The van der Waals surface area contributed by atoms with Crippen molar-refractivity contribution in [2.75, 3.05) is 0 Å². The lowest BCUT2D eigenvalue weighted by molar-refractivity contribution is 1.07. The molecule has 0 atom stereocenters. The van der Waals surface area contributed by atoms with Gasteiger partial charge in [-0.1, -0.05) is 176 Å². The van der Waals surface area contributed by atoms with Crippen LogP contribution >= 0.6 is 0 Å². The predicted molar refractivity (Wildman–Crippen MR) is 292 cm³/mol. The lowest BCUT2D eigenvalue weighted by Gasteiger charge is -2.18. The Labute approximate surface area is 401 Å². The fourth-order valence-electron chi connectivity index (χ4n) is 11.2. The quantitative estimate of drug-likeness (QED) is 0.162. The van der Waals surface area contributed by atoms with Crippen LogP contribution in [0.5, 0.6) is 0 Å². The molecule has 3 heterocycles. The number of hydrogen-bond acceptors (Lipinski definition) is 3. The zero-order chi connectivity index (χ0) is 45.9. The van der Waals surface area contributed by atoms with Gasteiger partial charge in [0.1, 0.15) is 0 Å². The van der Waals surface area contributed by atoms with Crippen LogP contribution in [0.3, 0.4) is 0 Å². The summed E-state index contributed by atoms with van der Waals surface area (Å²) in [7, 11) is 0. The molecule has 0 N–H and O–H groups in total. The van der Waals surface area contributed by atoms with Gasteiger partial charge in [-0.2, -0.15) is 0 Å². The van der Waals surface area contributed by atoms with E-state index in [1.807, 2.05) is 18.2 Å². The van der Waals surface area contributed by atoms with Gasteiger partial charge in [-0.15, -0.1) is 0 Å². The molecule has 0 aliphatic heterocycles. The molecule has 15 aromatic rings. The minimum atomic E-state index is 0.605. The number of aromatic nitrogens is 5. The van der Waals surface area contributed by atoms with Crippen molar-refractivity contribution < 1.29 is 0 Å². The van der Waals surface area contributed by atoms with E-state index in [0.29, 0.717) is 17.5 Å². The number of benzene rings is 12. The summed E-state index contributed by atoms with van der Waals surface area (Å²) in [6.07, 6.45) is 0. The fraction of sp³-hybridized carbons (Fsp3) is 0. The van der Waals surface area contributed by atoms with Crippen LogP contribution in [0.25, 0.3) is 143 Å². The Hall–Kier alpha value is -9.45. The van der Waals surface area contributed by atoms with Crippen molar-refractivity contribution in [1.29, 1.82) is 0 Å². The molecule has 12 aromatic carbocycles. The highest BCUT2D eigenvalue weighted by atomic mass is 15.1. The third-order valence-corrected chi connectivity index (χ3v) is 14.5. The average Bonchev–Trinajstić information content (AvgIpc) is 3.92. The van der Waals surface area contributed by atoms with Gasteiger partial charge in [-0.25, -0.2) is 15.0 Å². The molecule has 324 valence electrons. The largest absolute Gasteiger partial charge is 0.309 e. The molecule has 0 aliphatic rings. The van der Waals surface area contributed by atoms with Gasteiger partial charge in [-0.3, -0.25) is 0 Å². The molecule has 0 bridgehead atoms. The van der Waals surface area contributed by atoms with Crippen LogP contribution in [0.15, 0.2) is 237 Å². The number of hydrogen-bond donors (Lipinski definition) is 0. The first-order valence-corrected chi connectivity index (χ1v) is 23.8. The van der Waals surface area contributed by atoms with Gasteiger partial charge in [-0.05, 0) is 109 Å². The van der Waals surface area contributed by atoms with Crippen LogP contribution in [0, 0.1) is 0 Å². The lowest BCUT2D eigenvalue weighted by atomic mass is 10.00. The highest BCUT2D eigenvalue weighted by Crippen LogP contribution is 2.43. The fourth-order valence-corrected chi connectivity index (χ4v) is 11.2. The van der Waals surface area contributed by atoms with E-state index in [9.17, 15) is 0 Å². The molecule has 15 rings (SSSR count). The van der Waals surface area contributed by atoms with E-state index in [0.717, 1.165) is 60.6 Å². The van der Waals surface area contributed by atoms with Gasteiger partial charge in [0.2, 0.25) is 0 Å². The van der Waals surface area contributed by atoms with Crippen LogP contribution < -0.4 is 0 Å². The molecular weight excluding hydrogens is 851 g/mol. The van der Waals surface area contributed by atoms with E-state index >= 15 is 0 Å². The van der Waals surface area contributed by atoms with Crippen molar-refractivity contribution in [2.24, 2.45) is 0 Å². The van der Waals surface area contributed by atoms with Crippen LogP contribution in [0.2, 0.25) is 0 Å². The summed E-state index contributed by atoms with van der Waals surface area (Å²) in [5, 5.41) is 16.6. The molecule has 5 heteroatoms. The Balaban J connectivity index is 1.01. The van der Waals surface area contributed by atoms with E-state index in [1.165, 1.54) is 64.9 Å². The van der Waals surface area contributed by atoms with Crippen molar-refractivity contribution >= 4 is 97.5 Å². The van der Waals surface area contributed by atoms with Gasteiger partial charge < -0.3 is 9.13 Å². The second-order valence-electron chi connectivity index (χ2n) is 18.4. The number of rotatable bonds is 5. The first kappa shape index (κ1) is 38.6. The van der Waals surface area contributed by atoms with Crippen molar-refractivity contribution in [3.8, 4) is 45.5 Å². The topological polar surface area (TPSA) is 48.5 Å². The molecule has 0 radical (unpaired) electrons. The van der Waals surface area contributed by atoms with Crippen LogP contribution in [0.4, 0.5) is 0 Å². The number of fused-ring (bicyclic) bond motifs is 12. The third-order valence-electron chi connectivity index (χ3n) is 14.5.